The predicted molar refractivity (Wildman–Crippen MR) is 25.3 cm³/mol. The van der Waals surface area contributed by atoms with Crippen LogP contribution >= 0.6 is 0 Å². The summed E-state index contributed by atoms with van der Waals surface area (Å²) in [5, 5.41) is 0. The van der Waals surface area contributed by atoms with Crippen molar-refractivity contribution in [3.8, 4) is 0 Å². The van der Waals surface area contributed by atoms with Crippen molar-refractivity contribution < 1.29 is 84.3 Å². The Hall–Kier alpha value is 1.97. The molecule has 4 heteroatoms. The van der Waals surface area contributed by atoms with E-state index in [1.165, 1.54) is 0 Å². The molecule has 0 bridgehead atoms. The minimum atomic E-state index is 0. The third kappa shape index (κ3) is 12.6. The van der Waals surface area contributed by atoms with Gasteiger partial charge in [-0.3, -0.25) is 0 Å². The van der Waals surface area contributed by atoms with Crippen LogP contribution in [0.4, 0.5) is 0 Å². The Morgan fingerprint density at radius 3 is 1.10 bits per heavy atom. The summed E-state index contributed by atoms with van der Waals surface area (Å²) in [6, 6.07) is 12.5. The van der Waals surface area contributed by atoms with Crippen LogP contribution < -0.4 is 0 Å². The normalized spacial score (nSPS) is 4.80. The molecule has 0 atom stereocenters. The summed E-state index contributed by atoms with van der Waals surface area (Å²) in [7, 11) is 0. The van der Waals surface area contributed by atoms with Gasteiger partial charge in [0.2, 0.25) is 0 Å². The molecule has 1 aromatic carbocycles. The first-order chi connectivity index (χ1) is 3.00. The van der Waals surface area contributed by atoms with Crippen molar-refractivity contribution in [2.75, 3.05) is 0 Å². The molecular formula is C6H5W4-. The van der Waals surface area contributed by atoms with Crippen LogP contribution in [0.25, 0.3) is 0 Å². The Bertz CT molecular complexity index is 81.7. The number of hydrogen-bond donors (Lipinski definition) is 0. The van der Waals surface area contributed by atoms with Crippen LogP contribution in [0.1, 0.15) is 0 Å². The van der Waals surface area contributed by atoms with E-state index in [1.54, 1.807) is 0 Å². The van der Waals surface area contributed by atoms with Crippen molar-refractivity contribution >= 4 is 0 Å². The number of hydrogen-bond acceptors (Lipinski definition) is 0. The molecular weight excluding hydrogens is 807 g/mol. The summed E-state index contributed by atoms with van der Waals surface area (Å²) in [5.74, 6) is 0. The maximum absolute atomic E-state index is 2.89. The van der Waals surface area contributed by atoms with E-state index in [0.717, 1.165) is 0 Å². The third-order valence-electron chi connectivity index (χ3n) is 0.607. The molecule has 0 aromatic heterocycles. The summed E-state index contributed by atoms with van der Waals surface area (Å²) >= 11 is 0. The molecule has 0 radical (unpaired) electrons. The molecule has 0 aliphatic rings. The molecule has 0 aliphatic heterocycles. The van der Waals surface area contributed by atoms with E-state index in [4.69, 9.17) is 0 Å². The molecule has 0 spiro atoms. The molecule has 0 N–H and O–H groups in total. The van der Waals surface area contributed by atoms with E-state index >= 15 is 0 Å². The van der Waals surface area contributed by atoms with E-state index in [9.17, 15) is 0 Å². The second-order valence-electron chi connectivity index (χ2n) is 1.08. The Morgan fingerprint density at radius 1 is 0.600 bits per heavy atom. The Morgan fingerprint density at radius 2 is 1.00 bits per heavy atom. The van der Waals surface area contributed by atoms with Gasteiger partial charge in [0, 0.05) is 84.3 Å². The maximum atomic E-state index is 2.89. The van der Waals surface area contributed by atoms with Gasteiger partial charge in [-0.1, -0.05) is 0 Å². The average Bonchev–Trinajstić information content (AvgIpc) is 1.72. The van der Waals surface area contributed by atoms with Crippen molar-refractivity contribution in [3.05, 3.63) is 36.4 Å². The van der Waals surface area contributed by atoms with Gasteiger partial charge >= 0.3 is 0 Å². The summed E-state index contributed by atoms with van der Waals surface area (Å²) < 4.78 is 0. The number of benzene rings is 1. The van der Waals surface area contributed by atoms with Gasteiger partial charge in [-0.2, -0.15) is 36.4 Å². The summed E-state index contributed by atoms with van der Waals surface area (Å²) in [4.78, 5) is 0. The van der Waals surface area contributed by atoms with Crippen molar-refractivity contribution in [1.29, 1.82) is 0 Å². The van der Waals surface area contributed by atoms with E-state index in [2.05, 4.69) is 6.07 Å². The largest absolute Gasteiger partial charge is 0.184 e. The third-order valence-corrected chi connectivity index (χ3v) is 0.607. The summed E-state index contributed by atoms with van der Waals surface area (Å²) in [5.41, 5.74) is 0. The van der Waals surface area contributed by atoms with Gasteiger partial charge in [0.15, 0.2) is 0 Å². The fraction of sp³-hybridized carbons (Fsp3) is 0. The molecule has 0 heterocycles. The minimum absolute atomic E-state index is 0. The quantitative estimate of drug-likeness (QED) is 0.349. The molecule has 0 saturated carbocycles. The minimum Gasteiger partial charge on any atom is -0.184 e. The summed E-state index contributed by atoms with van der Waals surface area (Å²) in [6.45, 7) is 0. The van der Waals surface area contributed by atoms with Gasteiger partial charge in [0.1, 0.15) is 0 Å². The van der Waals surface area contributed by atoms with Crippen molar-refractivity contribution in [2.45, 2.75) is 0 Å². The van der Waals surface area contributed by atoms with Crippen molar-refractivity contribution in [2.24, 2.45) is 0 Å². The van der Waals surface area contributed by atoms with Gasteiger partial charge in [0.05, 0.1) is 0 Å². The molecule has 0 unspecified atom stereocenters. The van der Waals surface area contributed by atoms with Crippen LogP contribution in [-0.4, -0.2) is 0 Å². The van der Waals surface area contributed by atoms with Gasteiger partial charge in [-0.25, -0.2) is 0 Å². The predicted octanol–water partition coefficient (Wildman–Crippen LogP) is 1.48. The molecule has 0 fully saturated rings. The Labute approximate surface area is 119 Å². The van der Waals surface area contributed by atoms with Gasteiger partial charge in [-0.05, 0) is 0 Å². The van der Waals surface area contributed by atoms with Crippen molar-refractivity contribution in [1.82, 2.24) is 0 Å². The van der Waals surface area contributed by atoms with E-state index in [-0.39, 0.29) is 84.3 Å². The molecule has 54 valence electrons. The topological polar surface area (TPSA) is 0 Å². The summed E-state index contributed by atoms with van der Waals surface area (Å²) in [6.07, 6.45) is 0. The molecule has 1 aromatic rings. The SMILES string of the molecule is [W].[W].[W].[W].[c-]1ccccc1. The molecule has 0 saturated heterocycles. The monoisotopic (exact) mass is 813 g/mol. The maximum Gasteiger partial charge on any atom is 0 e. The molecule has 0 aliphatic carbocycles. The van der Waals surface area contributed by atoms with Crippen molar-refractivity contribution in [3.63, 3.8) is 0 Å². The van der Waals surface area contributed by atoms with Crippen LogP contribution in [0.3, 0.4) is 0 Å². The fourth-order valence-electron chi connectivity index (χ4n) is 0.342. The molecule has 10 heavy (non-hydrogen) atoms. The first-order valence-electron chi connectivity index (χ1n) is 1.91. The van der Waals surface area contributed by atoms with Crippen LogP contribution in [0.2, 0.25) is 0 Å². The first-order valence-corrected chi connectivity index (χ1v) is 1.91. The first kappa shape index (κ1) is 22.7. The second-order valence-corrected chi connectivity index (χ2v) is 1.08. The zero-order valence-electron chi connectivity index (χ0n) is 5.02. The van der Waals surface area contributed by atoms with Crippen LogP contribution in [0.15, 0.2) is 30.3 Å². The standard InChI is InChI=1S/C6H5.4W/c1-2-4-6-5-3-1;;;;/h1-5H;;;;/q-1;;;;. The fourth-order valence-corrected chi connectivity index (χ4v) is 0.342. The van der Waals surface area contributed by atoms with E-state index in [1.807, 2.05) is 30.3 Å². The van der Waals surface area contributed by atoms with Gasteiger partial charge < -0.3 is 0 Å². The molecule has 0 nitrogen and oxygen atoms in total. The van der Waals surface area contributed by atoms with Crippen LogP contribution in [0.5, 0.6) is 0 Å². The Kier molecular flexibility index (Phi) is 38.9. The number of rotatable bonds is 0. The smallest absolute Gasteiger partial charge is 0 e. The van der Waals surface area contributed by atoms with Gasteiger partial charge in [0.25, 0.3) is 0 Å². The second kappa shape index (κ2) is 17.2. The van der Waals surface area contributed by atoms with E-state index in [0.29, 0.717) is 0 Å². The van der Waals surface area contributed by atoms with Crippen LogP contribution in [0, 0.1) is 6.07 Å². The van der Waals surface area contributed by atoms with Gasteiger partial charge in [-0.15, -0.1) is 0 Å². The molecule has 1 rings (SSSR count). The molecule has 0 amide bonds. The zero-order chi connectivity index (χ0) is 4.24. The van der Waals surface area contributed by atoms with Crippen LogP contribution in [-0.2, 0) is 84.3 Å². The zero-order valence-corrected chi connectivity index (χ0v) is 16.8. The Balaban J connectivity index is -0.0000000450. The average molecular weight is 812 g/mol. The van der Waals surface area contributed by atoms with E-state index < -0.39 is 0 Å².